The topological polar surface area (TPSA) is 57.2 Å². The largest absolute Gasteiger partial charge is 0.496 e. The number of rotatable bonds is 4. The van der Waals surface area contributed by atoms with Crippen LogP contribution in [-0.4, -0.2) is 17.6 Å². The van der Waals surface area contributed by atoms with Crippen molar-refractivity contribution < 1.29 is 9.53 Å². The lowest BCUT2D eigenvalue weighted by Gasteiger charge is -2.14. The molecule has 0 fully saturated rings. The number of hydrogen-bond donors (Lipinski definition) is 1. The highest BCUT2D eigenvalue weighted by Crippen LogP contribution is 2.38. The number of nitrogens with zero attached hydrogens (tertiary/aromatic N) is 1. The third-order valence-electron chi connectivity index (χ3n) is 3.84. The summed E-state index contributed by atoms with van der Waals surface area (Å²) in [5.41, 5.74) is 9.90. The van der Waals surface area contributed by atoms with E-state index in [1.807, 2.05) is 38.1 Å². The fourth-order valence-electron chi connectivity index (χ4n) is 3.11. The first kappa shape index (κ1) is 15.2. The Hall–Kier alpha value is -2.23. The van der Waals surface area contributed by atoms with E-state index in [4.69, 9.17) is 10.5 Å². The fourth-order valence-corrected chi connectivity index (χ4v) is 3.11. The average Bonchev–Trinajstić information content (AvgIpc) is 2.69. The van der Waals surface area contributed by atoms with E-state index < -0.39 is 5.91 Å². The van der Waals surface area contributed by atoms with Crippen molar-refractivity contribution in [3.8, 4) is 16.9 Å². The highest BCUT2D eigenvalue weighted by Gasteiger charge is 2.25. The maximum Gasteiger partial charge on any atom is 0.251 e. The summed E-state index contributed by atoms with van der Waals surface area (Å²) in [5.74, 6) is 0.333. The van der Waals surface area contributed by atoms with Crippen LogP contribution in [0.1, 0.15) is 41.6 Å². The predicted molar refractivity (Wildman–Crippen MR) is 84.8 cm³/mol. The van der Waals surface area contributed by atoms with Crippen LogP contribution in [0.2, 0.25) is 0 Å². The van der Waals surface area contributed by atoms with Gasteiger partial charge in [0.2, 0.25) is 0 Å². The molecule has 1 amide bonds. The van der Waals surface area contributed by atoms with Crippen molar-refractivity contribution in [1.82, 2.24) is 4.57 Å². The van der Waals surface area contributed by atoms with Crippen molar-refractivity contribution in [2.24, 2.45) is 5.73 Å². The molecule has 2 aromatic rings. The normalized spacial score (nSPS) is 11.0. The molecule has 1 aromatic heterocycles. The average molecular weight is 286 g/mol. The lowest BCUT2D eigenvalue weighted by atomic mass is 9.99. The number of carbonyl (C=O) groups is 1. The first-order valence-corrected chi connectivity index (χ1v) is 7.04. The van der Waals surface area contributed by atoms with Crippen molar-refractivity contribution in [3.05, 3.63) is 41.2 Å². The Morgan fingerprint density at radius 2 is 1.81 bits per heavy atom. The van der Waals surface area contributed by atoms with Gasteiger partial charge in [-0.05, 0) is 33.8 Å². The van der Waals surface area contributed by atoms with E-state index in [-0.39, 0.29) is 6.04 Å². The zero-order chi connectivity index (χ0) is 15.7. The van der Waals surface area contributed by atoms with Crippen molar-refractivity contribution in [1.29, 1.82) is 0 Å². The van der Waals surface area contributed by atoms with Crippen molar-refractivity contribution in [3.63, 3.8) is 0 Å². The molecule has 0 saturated heterocycles. The lowest BCUT2D eigenvalue weighted by molar-refractivity contribution is 0.1000. The van der Waals surface area contributed by atoms with Gasteiger partial charge in [0.15, 0.2) is 0 Å². The Bertz CT molecular complexity index is 684. The maximum atomic E-state index is 12.0. The first-order valence-electron chi connectivity index (χ1n) is 7.04. The standard InChI is InChI=1S/C17H22N2O2/c1-10(2)19-11(3)15(16(12(19)4)17(18)20)13-8-6-7-9-14(13)21-5/h6-10H,1-5H3,(H2,18,20). The molecular formula is C17H22N2O2. The molecule has 0 aliphatic rings. The Labute approximate surface area is 125 Å². The van der Waals surface area contributed by atoms with Crippen LogP contribution in [0.15, 0.2) is 24.3 Å². The SMILES string of the molecule is COc1ccccc1-c1c(C(N)=O)c(C)n(C(C)C)c1C. The first-order chi connectivity index (χ1) is 9.90. The zero-order valence-corrected chi connectivity index (χ0v) is 13.2. The maximum absolute atomic E-state index is 12.0. The second-order valence-corrected chi connectivity index (χ2v) is 5.45. The van der Waals surface area contributed by atoms with E-state index in [1.54, 1.807) is 7.11 Å². The molecule has 0 aliphatic heterocycles. The van der Waals surface area contributed by atoms with Gasteiger partial charge >= 0.3 is 0 Å². The van der Waals surface area contributed by atoms with Gasteiger partial charge in [0.25, 0.3) is 5.91 Å². The molecular weight excluding hydrogens is 264 g/mol. The summed E-state index contributed by atoms with van der Waals surface area (Å²) in [6.07, 6.45) is 0. The Morgan fingerprint density at radius 3 is 2.33 bits per heavy atom. The van der Waals surface area contributed by atoms with Gasteiger partial charge in [-0.1, -0.05) is 18.2 Å². The molecule has 0 aliphatic carbocycles. The van der Waals surface area contributed by atoms with Crippen LogP contribution in [0.5, 0.6) is 5.75 Å². The van der Waals surface area contributed by atoms with Crippen molar-refractivity contribution in [2.45, 2.75) is 33.7 Å². The molecule has 2 N–H and O–H groups in total. The van der Waals surface area contributed by atoms with Gasteiger partial charge in [-0.15, -0.1) is 0 Å². The smallest absolute Gasteiger partial charge is 0.251 e. The van der Waals surface area contributed by atoms with Gasteiger partial charge in [0.05, 0.1) is 12.7 Å². The number of primary amides is 1. The molecule has 2 rings (SSSR count). The highest BCUT2D eigenvalue weighted by molar-refractivity contribution is 6.02. The lowest BCUT2D eigenvalue weighted by Crippen LogP contribution is -2.14. The van der Waals surface area contributed by atoms with E-state index in [0.717, 1.165) is 28.3 Å². The minimum atomic E-state index is -0.407. The Balaban J connectivity index is 2.85. The fraction of sp³-hybridized carbons (Fsp3) is 0.353. The van der Waals surface area contributed by atoms with Crippen LogP contribution in [0.4, 0.5) is 0 Å². The number of benzene rings is 1. The number of methoxy groups -OCH3 is 1. The van der Waals surface area contributed by atoms with E-state index in [2.05, 4.69) is 18.4 Å². The van der Waals surface area contributed by atoms with Gasteiger partial charge in [-0.2, -0.15) is 0 Å². The van der Waals surface area contributed by atoms with E-state index in [9.17, 15) is 4.79 Å². The van der Waals surface area contributed by atoms with Gasteiger partial charge in [0, 0.05) is 28.6 Å². The predicted octanol–water partition coefficient (Wildman–Crippen LogP) is 3.46. The van der Waals surface area contributed by atoms with Crippen LogP contribution in [0, 0.1) is 13.8 Å². The number of carbonyl (C=O) groups excluding carboxylic acids is 1. The summed E-state index contributed by atoms with van der Waals surface area (Å²) in [7, 11) is 1.63. The minimum absolute atomic E-state index is 0.256. The number of ether oxygens (including phenoxy) is 1. The van der Waals surface area contributed by atoms with Crippen molar-refractivity contribution >= 4 is 5.91 Å². The quantitative estimate of drug-likeness (QED) is 0.935. The summed E-state index contributed by atoms with van der Waals surface area (Å²) >= 11 is 0. The van der Waals surface area contributed by atoms with Crippen LogP contribution in [0.25, 0.3) is 11.1 Å². The molecule has 1 aromatic carbocycles. The van der Waals surface area contributed by atoms with Gasteiger partial charge in [-0.25, -0.2) is 0 Å². The van der Waals surface area contributed by atoms with E-state index in [1.165, 1.54) is 0 Å². The zero-order valence-electron chi connectivity index (χ0n) is 13.2. The molecule has 0 radical (unpaired) electrons. The molecule has 4 nitrogen and oxygen atoms in total. The number of nitrogens with two attached hydrogens (primary N) is 1. The molecule has 21 heavy (non-hydrogen) atoms. The molecule has 0 saturated carbocycles. The monoisotopic (exact) mass is 286 g/mol. The molecule has 1 heterocycles. The third-order valence-corrected chi connectivity index (χ3v) is 3.84. The number of aromatic nitrogens is 1. The third kappa shape index (κ3) is 2.42. The second-order valence-electron chi connectivity index (χ2n) is 5.45. The Kier molecular flexibility index (Phi) is 4.07. The molecule has 0 spiro atoms. The van der Waals surface area contributed by atoms with Gasteiger partial charge in [-0.3, -0.25) is 4.79 Å². The van der Waals surface area contributed by atoms with Crippen molar-refractivity contribution in [2.75, 3.05) is 7.11 Å². The molecule has 112 valence electrons. The van der Waals surface area contributed by atoms with Gasteiger partial charge in [0.1, 0.15) is 5.75 Å². The second kappa shape index (κ2) is 5.64. The number of amides is 1. The number of para-hydroxylation sites is 1. The van der Waals surface area contributed by atoms with E-state index in [0.29, 0.717) is 5.56 Å². The summed E-state index contributed by atoms with van der Waals surface area (Å²) < 4.78 is 7.58. The molecule has 0 bridgehead atoms. The Morgan fingerprint density at radius 1 is 1.19 bits per heavy atom. The minimum Gasteiger partial charge on any atom is -0.496 e. The molecule has 0 unspecified atom stereocenters. The summed E-state index contributed by atoms with van der Waals surface area (Å²) in [4.78, 5) is 12.0. The number of hydrogen-bond acceptors (Lipinski definition) is 2. The highest BCUT2D eigenvalue weighted by atomic mass is 16.5. The van der Waals surface area contributed by atoms with Crippen LogP contribution in [0.3, 0.4) is 0 Å². The summed E-state index contributed by atoms with van der Waals surface area (Å²) in [5, 5.41) is 0. The van der Waals surface area contributed by atoms with Crippen LogP contribution in [-0.2, 0) is 0 Å². The van der Waals surface area contributed by atoms with Crippen LogP contribution < -0.4 is 10.5 Å². The van der Waals surface area contributed by atoms with Gasteiger partial charge < -0.3 is 15.0 Å². The summed E-state index contributed by atoms with van der Waals surface area (Å²) in [6.45, 7) is 8.14. The van der Waals surface area contributed by atoms with Crippen LogP contribution >= 0.6 is 0 Å². The molecule has 4 heteroatoms. The molecule has 0 atom stereocenters. The van der Waals surface area contributed by atoms with E-state index >= 15 is 0 Å². The summed E-state index contributed by atoms with van der Waals surface area (Å²) in [6, 6.07) is 7.95.